The number of fused-ring (bicyclic) bond motifs is 1. The lowest BCUT2D eigenvalue weighted by atomic mass is 9.97. The van der Waals surface area contributed by atoms with E-state index in [1.165, 1.54) is 0 Å². The third-order valence-corrected chi connectivity index (χ3v) is 4.32. The van der Waals surface area contributed by atoms with Crippen LogP contribution in [0.2, 0.25) is 0 Å². The fourth-order valence-corrected chi connectivity index (χ4v) is 3.12. The van der Waals surface area contributed by atoms with E-state index in [0.717, 1.165) is 23.6 Å². The van der Waals surface area contributed by atoms with E-state index in [-0.39, 0.29) is 17.8 Å². The quantitative estimate of drug-likeness (QED) is 0.817. The first kappa shape index (κ1) is 15.5. The van der Waals surface area contributed by atoms with Crippen LogP contribution in [0.15, 0.2) is 42.5 Å². The molecule has 1 fully saturated rings. The van der Waals surface area contributed by atoms with Gasteiger partial charge in [-0.05, 0) is 42.7 Å². The largest absolute Gasteiger partial charge is 0.466 e. The molecule has 1 heterocycles. The minimum Gasteiger partial charge on any atom is -0.466 e. The molecular weight excluding hydrogens is 290 g/mol. The Morgan fingerprint density at radius 1 is 1.17 bits per heavy atom. The lowest BCUT2D eigenvalue weighted by Crippen LogP contribution is -2.42. The fourth-order valence-electron chi connectivity index (χ4n) is 3.12. The first-order valence-corrected chi connectivity index (χ1v) is 8.13. The van der Waals surface area contributed by atoms with Gasteiger partial charge in [-0.15, -0.1) is 0 Å². The molecule has 1 saturated heterocycles. The standard InChI is InChI=1S/C19H21NO3/c1-2-23-19(22)17-8-5-11-20(13-17)18(21)16-10-9-14-6-3-4-7-15(14)12-16/h3-4,6-7,9-10,12,17H,2,5,8,11,13H2,1H3/t17-/m1/s1. The summed E-state index contributed by atoms with van der Waals surface area (Å²) in [6.45, 7) is 3.33. The molecule has 3 rings (SSSR count). The number of esters is 1. The highest BCUT2D eigenvalue weighted by atomic mass is 16.5. The molecule has 0 N–H and O–H groups in total. The van der Waals surface area contributed by atoms with E-state index in [1.54, 1.807) is 11.8 Å². The van der Waals surface area contributed by atoms with E-state index in [9.17, 15) is 9.59 Å². The number of benzene rings is 2. The van der Waals surface area contributed by atoms with Crippen LogP contribution in [0, 0.1) is 5.92 Å². The van der Waals surface area contributed by atoms with Gasteiger partial charge in [-0.3, -0.25) is 9.59 Å². The zero-order valence-corrected chi connectivity index (χ0v) is 13.3. The monoisotopic (exact) mass is 311 g/mol. The van der Waals surface area contributed by atoms with Crippen LogP contribution in [0.4, 0.5) is 0 Å². The number of piperidine rings is 1. The second-order valence-electron chi connectivity index (χ2n) is 5.90. The normalized spacial score (nSPS) is 18.0. The number of hydrogen-bond acceptors (Lipinski definition) is 3. The summed E-state index contributed by atoms with van der Waals surface area (Å²) in [6, 6.07) is 13.7. The number of ether oxygens (including phenoxy) is 1. The van der Waals surface area contributed by atoms with Gasteiger partial charge in [0.05, 0.1) is 12.5 Å². The number of likely N-dealkylation sites (tertiary alicyclic amines) is 1. The zero-order valence-electron chi connectivity index (χ0n) is 13.3. The van der Waals surface area contributed by atoms with Crippen LogP contribution in [-0.2, 0) is 9.53 Å². The third-order valence-electron chi connectivity index (χ3n) is 4.32. The van der Waals surface area contributed by atoms with Crippen LogP contribution in [-0.4, -0.2) is 36.5 Å². The molecule has 0 aromatic heterocycles. The van der Waals surface area contributed by atoms with E-state index in [0.29, 0.717) is 25.3 Å². The number of carbonyl (C=O) groups excluding carboxylic acids is 2. The summed E-state index contributed by atoms with van der Waals surface area (Å²) in [6.07, 6.45) is 1.63. The number of nitrogens with zero attached hydrogens (tertiary/aromatic N) is 1. The number of rotatable bonds is 3. The molecular formula is C19H21NO3. The molecule has 0 spiro atoms. The van der Waals surface area contributed by atoms with Crippen molar-refractivity contribution in [2.24, 2.45) is 5.92 Å². The summed E-state index contributed by atoms with van der Waals surface area (Å²) in [4.78, 5) is 26.4. The van der Waals surface area contributed by atoms with Crippen molar-refractivity contribution < 1.29 is 14.3 Å². The van der Waals surface area contributed by atoms with Gasteiger partial charge in [-0.2, -0.15) is 0 Å². The highest BCUT2D eigenvalue weighted by Crippen LogP contribution is 2.22. The van der Waals surface area contributed by atoms with Crippen LogP contribution in [0.3, 0.4) is 0 Å². The minimum atomic E-state index is -0.201. The summed E-state index contributed by atoms with van der Waals surface area (Å²) < 4.78 is 5.10. The number of carbonyl (C=O) groups is 2. The van der Waals surface area contributed by atoms with Gasteiger partial charge in [0, 0.05) is 18.7 Å². The predicted molar refractivity (Wildman–Crippen MR) is 89.2 cm³/mol. The van der Waals surface area contributed by atoms with Gasteiger partial charge in [-0.25, -0.2) is 0 Å². The molecule has 1 atom stereocenters. The first-order chi connectivity index (χ1) is 11.2. The third kappa shape index (κ3) is 3.36. The van der Waals surface area contributed by atoms with Crippen LogP contribution < -0.4 is 0 Å². The Morgan fingerprint density at radius 2 is 1.96 bits per heavy atom. The minimum absolute atomic E-state index is 0.00949. The summed E-state index contributed by atoms with van der Waals surface area (Å²) in [7, 11) is 0. The summed E-state index contributed by atoms with van der Waals surface area (Å²) >= 11 is 0. The molecule has 4 nitrogen and oxygen atoms in total. The van der Waals surface area contributed by atoms with Crippen molar-refractivity contribution in [3.05, 3.63) is 48.0 Å². The van der Waals surface area contributed by atoms with Crippen molar-refractivity contribution in [3.63, 3.8) is 0 Å². The molecule has 1 aliphatic rings. The van der Waals surface area contributed by atoms with Gasteiger partial charge in [-0.1, -0.05) is 30.3 Å². The topological polar surface area (TPSA) is 46.6 Å². The average molecular weight is 311 g/mol. The maximum Gasteiger partial charge on any atom is 0.310 e. The summed E-state index contributed by atoms with van der Waals surface area (Å²) in [5.41, 5.74) is 0.674. The van der Waals surface area contributed by atoms with Gasteiger partial charge in [0.25, 0.3) is 5.91 Å². The molecule has 2 aromatic rings. The summed E-state index contributed by atoms with van der Waals surface area (Å²) in [5.74, 6) is -0.402. The Morgan fingerprint density at radius 3 is 2.74 bits per heavy atom. The Hall–Kier alpha value is -2.36. The van der Waals surface area contributed by atoms with Crippen molar-refractivity contribution in [1.82, 2.24) is 4.90 Å². The Balaban J connectivity index is 1.77. The van der Waals surface area contributed by atoms with Crippen molar-refractivity contribution >= 4 is 22.6 Å². The van der Waals surface area contributed by atoms with Crippen molar-refractivity contribution in [2.75, 3.05) is 19.7 Å². The Kier molecular flexibility index (Phi) is 4.60. The number of hydrogen-bond donors (Lipinski definition) is 0. The average Bonchev–Trinajstić information content (AvgIpc) is 2.61. The van der Waals surface area contributed by atoms with Crippen molar-refractivity contribution in [3.8, 4) is 0 Å². The molecule has 0 aliphatic carbocycles. The molecule has 2 aromatic carbocycles. The Labute approximate surface area is 136 Å². The lowest BCUT2D eigenvalue weighted by Gasteiger charge is -2.31. The maximum atomic E-state index is 12.7. The van der Waals surface area contributed by atoms with E-state index in [2.05, 4.69) is 0 Å². The first-order valence-electron chi connectivity index (χ1n) is 8.13. The van der Waals surface area contributed by atoms with Gasteiger partial charge >= 0.3 is 5.97 Å². The van der Waals surface area contributed by atoms with Crippen molar-refractivity contribution in [1.29, 1.82) is 0 Å². The SMILES string of the molecule is CCOC(=O)[C@@H]1CCCN(C(=O)c2ccc3ccccc3c2)C1. The van der Waals surface area contributed by atoms with Gasteiger partial charge in [0.1, 0.15) is 0 Å². The zero-order chi connectivity index (χ0) is 16.2. The highest BCUT2D eigenvalue weighted by Gasteiger charge is 2.29. The second-order valence-corrected chi connectivity index (χ2v) is 5.90. The van der Waals surface area contributed by atoms with E-state index in [1.807, 2.05) is 42.5 Å². The van der Waals surface area contributed by atoms with Crippen LogP contribution >= 0.6 is 0 Å². The van der Waals surface area contributed by atoms with E-state index >= 15 is 0 Å². The molecule has 0 unspecified atom stereocenters. The fraction of sp³-hybridized carbons (Fsp3) is 0.368. The highest BCUT2D eigenvalue weighted by molar-refractivity contribution is 5.98. The van der Waals surface area contributed by atoms with Crippen LogP contribution in [0.1, 0.15) is 30.1 Å². The maximum absolute atomic E-state index is 12.7. The molecule has 120 valence electrons. The molecule has 0 radical (unpaired) electrons. The van der Waals surface area contributed by atoms with Crippen molar-refractivity contribution in [2.45, 2.75) is 19.8 Å². The lowest BCUT2D eigenvalue weighted by molar-refractivity contribution is -0.149. The predicted octanol–water partition coefficient (Wildman–Crippen LogP) is 3.26. The Bertz CT molecular complexity index is 725. The molecule has 1 aliphatic heterocycles. The van der Waals surface area contributed by atoms with Gasteiger partial charge < -0.3 is 9.64 Å². The van der Waals surface area contributed by atoms with Crippen LogP contribution in [0.25, 0.3) is 10.8 Å². The molecule has 0 saturated carbocycles. The number of amides is 1. The smallest absolute Gasteiger partial charge is 0.310 e. The molecule has 0 bridgehead atoms. The second kappa shape index (κ2) is 6.82. The van der Waals surface area contributed by atoms with Gasteiger partial charge in [0.2, 0.25) is 0 Å². The van der Waals surface area contributed by atoms with E-state index < -0.39 is 0 Å². The molecule has 23 heavy (non-hydrogen) atoms. The van der Waals surface area contributed by atoms with E-state index in [4.69, 9.17) is 4.74 Å². The van der Waals surface area contributed by atoms with Crippen LogP contribution in [0.5, 0.6) is 0 Å². The van der Waals surface area contributed by atoms with Gasteiger partial charge in [0.15, 0.2) is 0 Å². The molecule has 1 amide bonds. The molecule has 4 heteroatoms. The summed E-state index contributed by atoms with van der Waals surface area (Å²) in [5, 5.41) is 2.17.